The van der Waals surface area contributed by atoms with E-state index in [4.69, 9.17) is 13.9 Å². The molecule has 0 aliphatic heterocycles. The number of esters is 1. The van der Waals surface area contributed by atoms with Gasteiger partial charge in [0.05, 0.1) is 12.5 Å². The molecule has 1 N–H and O–H groups in total. The largest absolute Gasteiger partial charge is 0.461 e. The predicted molar refractivity (Wildman–Crippen MR) is 85.6 cm³/mol. The van der Waals surface area contributed by atoms with E-state index in [2.05, 4.69) is 5.32 Å². The molecule has 1 fully saturated rings. The summed E-state index contributed by atoms with van der Waals surface area (Å²) in [6, 6.07) is 6.19. The van der Waals surface area contributed by atoms with E-state index in [1.807, 2.05) is 0 Å². The lowest BCUT2D eigenvalue weighted by Gasteiger charge is -2.09. The summed E-state index contributed by atoms with van der Waals surface area (Å²) in [4.78, 5) is 34.8. The number of fused-ring (bicyclic) bond motifs is 1. The fourth-order valence-corrected chi connectivity index (χ4v) is 2.30. The monoisotopic (exact) mass is 331 g/mol. The second-order valence-electron chi connectivity index (χ2n) is 5.53. The third kappa shape index (κ3) is 3.73. The fourth-order valence-electron chi connectivity index (χ4n) is 2.30. The first-order valence-corrected chi connectivity index (χ1v) is 7.74. The Balaban J connectivity index is 1.83. The van der Waals surface area contributed by atoms with Gasteiger partial charge in [0.2, 0.25) is 0 Å². The van der Waals surface area contributed by atoms with Crippen molar-refractivity contribution in [3.05, 3.63) is 40.2 Å². The molecular weight excluding hydrogens is 314 g/mol. The molecule has 0 saturated heterocycles. The average molecular weight is 331 g/mol. The quantitative estimate of drug-likeness (QED) is 0.669. The maximum atomic E-state index is 11.7. The topological polar surface area (TPSA) is 94.8 Å². The lowest BCUT2D eigenvalue weighted by atomic mass is 10.1. The van der Waals surface area contributed by atoms with Crippen LogP contribution in [0.15, 0.2) is 33.5 Å². The van der Waals surface area contributed by atoms with Crippen molar-refractivity contribution in [1.82, 2.24) is 0 Å². The molecule has 1 saturated carbocycles. The molecule has 0 atom stereocenters. The maximum absolute atomic E-state index is 11.7. The molecule has 1 amide bonds. The molecule has 7 nitrogen and oxygen atoms in total. The van der Waals surface area contributed by atoms with Gasteiger partial charge in [-0.2, -0.15) is 0 Å². The number of rotatable bonds is 5. The summed E-state index contributed by atoms with van der Waals surface area (Å²) in [6.07, 6.45) is 1.13. The summed E-state index contributed by atoms with van der Waals surface area (Å²) in [5, 5.41) is 3.18. The van der Waals surface area contributed by atoms with Crippen molar-refractivity contribution in [2.24, 2.45) is 5.92 Å². The van der Waals surface area contributed by atoms with Gasteiger partial charge in [0.15, 0.2) is 0 Å². The highest BCUT2D eigenvalue weighted by molar-refractivity contribution is 5.90. The Morgan fingerprint density at radius 2 is 2.04 bits per heavy atom. The van der Waals surface area contributed by atoms with E-state index in [1.165, 1.54) is 12.1 Å². The summed E-state index contributed by atoms with van der Waals surface area (Å²) >= 11 is 0. The molecule has 1 aromatic heterocycles. The van der Waals surface area contributed by atoms with Crippen LogP contribution in [0, 0.1) is 5.92 Å². The number of carbonyl (C=O) groups is 2. The molecule has 1 aromatic carbocycles. The highest BCUT2D eigenvalue weighted by Gasteiger charge is 2.31. The SMILES string of the molecule is CCOC(=O)Nc1ccc2c(COC(=O)C3CC3)cc(=O)oc2c1. The molecular formula is C17H17NO6. The molecule has 1 aliphatic carbocycles. The lowest BCUT2D eigenvalue weighted by Crippen LogP contribution is -2.13. The molecule has 7 heteroatoms. The van der Waals surface area contributed by atoms with E-state index in [0.29, 0.717) is 22.2 Å². The fraction of sp³-hybridized carbons (Fsp3) is 0.353. The first-order chi connectivity index (χ1) is 11.6. The molecule has 3 rings (SSSR count). The van der Waals surface area contributed by atoms with Gasteiger partial charge in [0.25, 0.3) is 0 Å². The molecule has 1 aliphatic rings. The highest BCUT2D eigenvalue weighted by Crippen LogP contribution is 2.30. The zero-order valence-electron chi connectivity index (χ0n) is 13.2. The van der Waals surface area contributed by atoms with Crippen LogP contribution in [-0.4, -0.2) is 18.7 Å². The normalized spacial score (nSPS) is 13.5. The van der Waals surface area contributed by atoms with Gasteiger partial charge in [-0.05, 0) is 31.9 Å². The number of amides is 1. The van der Waals surface area contributed by atoms with Gasteiger partial charge in [-0.25, -0.2) is 9.59 Å². The standard InChI is InChI=1S/C17H17NO6/c1-2-22-17(21)18-12-5-6-13-11(7-15(19)24-14(13)8-12)9-23-16(20)10-3-4-10/h5-8,10H,2-4,9H2,1H3,(H,18,21). The Bertz CT molecular complexity index is 837. The van der Waals surface area contributed by atoms with Crippen molar-refractivity contribution in [2.75, 3.05) is 11.9 Å². The van der Waals surface area contributed by atoms with Crippen LogP contribution in [0.3, 0.4) is 0 Å². The van der Waals surface area contributed by atoms with Gasteiger partial charge in [0, 0.05) is 28.8 Å². The lowest BCUT2D eigenvalue weighted by molar-refractivity contribution is -0.146. The molecule has 126 valence electrons. The Morgan fingerprint density at radius 3 is 2.75 bits per heavy atom. The van der Waals surface area contributed by atoms with Crippen molar-refractivity contribution in [3.8, 4) is 0 Å². The van der Waals surface area contributed by atoms with Gasteiger partial charge < -0.3 is 13.9 Å². The van der Waals surface area contributed by atoms with Gasteiger partial charge in [0.1, 0.15) is 12.2 Å². The van der Waals surface area contributed by atoms with Crippen molar-refractivity contribution in [1.29, 1.82) is 0 Å². The molecule has 0 bridgehead atoms. The Morgan fingerprint density at radius 1 is 1.25 bits per heavy atom. The van der Waals surface area contributed by atoms with E-state index in [0.717, 1.165) is 12.8 Å². The van der Waals surface area contributed by atoms with E-state index in [9.17, 15) is 14.4 Å². The number of hydrogen-bond acceptors (Lipinski definition) is 6. The molecule has 0 spiro atoms. The second kappa shape index (κ2) is 6.74. The predicted octanol–water partition coefficient (Wildman–Crippen LogP) is 2.81. The number of nitrogens with one attached hydrogen (secondary N) is 1. The number of ether oxygens (including phenoxy) is 2. The summed E-state index contributed by atoms with van der Waals surface area (Å²) in [5.74, 6) is -0.242. The van der Waals surface area contributed by atoms with Gasteiger partial charge in [-0.15, -0.1) is 0 Å². The van der Waals surface area contributed by atoms with Crippen LogP contribution < -0.4 is 10.9 Å². The van der Waals surface area contributed by atoms with Crippen molar-refractivity contribution in [3.63, 3.8) is 0 Å². The molecule has 0 radical (unpaired) electrons. The van der Waals surface area contributed by atoms with E-state index >= 15 is 0 Å². The summed E-state index contributed by atoms with van der Waals surface area (Å²) < 4.78 is 15.2. The van der Waals surface area contributed by atoms with Crippen molar-refractivity contribution >= 4 is 28.7 Å². The Hall–Kier alpha value is -2.83. The Kier molecular flexibility index (Phi) is 4.50. The molecule has 2 aromatic rings. The van der Waals surface area contributed by atoms with Crippen LogP contribution in [0.4, 0.5) is 10.5 Å². The van der Waals surface area contributed by atoms with Crippen LogP contribution in [0.1, 0.15) is 25.3 Å². The van der Waals surface area contributed by atoms with E-state index < -0.39 is 11.7 Å². The number of carbonyl (C=O) groups excluding carboxylic acids is 2. The first kappa shape index (κ1) is 16.0. The summed E-state index contributed by atoms with van der Waals surface area (Å²) in [7, 11) is 0. The second-order valence-corrected chi connectivity index (χ2v) is 5.53. The van der Waals surface area contributed by atoms with Crippen LogP contribution in [0.25, 0.3) is 11.0 Å². The smallest absolute Gasteiger partial charge is 0.411 e. The maximum Gasteiger partial charge on any atom is 0.411 e. The van der Waals surface area contributed by atoms with Gasteiger partial charge >= 0.3 is 17.7 Å². The zero-order valence-corrected chi connectivity index (χ0v) is 13.2. The highest BCUT2D eigenvalue weighted by atomic mass is 16.5. The number of hydrogen-bond donors (Lipinski definition) is 1. The Labute approximate surface area is 137 Å². The number of anilines is 1. The van der Waals surface area contributed by atoms with Crippen molar-refractivity contribution < 1.29 is 23.5 Å². The third-order valence-corrected chi connectivity index (χ3v) is 3.63. The summed E-state index contributed by atoms with van der Waals surface area (Å²) in [5.41, 5.74) is 0.761. The summed E-state index contributed by atoms with van der Waals surface area (Å²) in [6.45, 7) is 1.97. The third-order valence-electron chi connectivity index (χ3n) is 3.63. The van der Waals surface area contributed by atoms with E-state index in [-0.39, 0.29) is 25.1 Å². The van der Waals surface area contributed by atoms with Crippen LogP contribution >= 0.6 is 0 Å². The minimum Gasteiger partial charge on any atom is -0.461 e. The van der Waals surface area contributed by atoms with Crippen LogP contribution in [0.2, 0.25) is 0 Å². The van der Waals surface area contributed by atoms with Crippen LogP contribution in [-0.2, 0) is 20.9 Å². The molecule has 24 heavy (non-hydrogen) atoms. The number of benzene rings is 1. The zero-order chi connectivity index (χ0) is 17.1. The molecule has 1 heterocycles. The minimum absolute atomic E-state index is 0.00299. The van der Waals surface area contributed by atoms with Crippen LogP contribution in [0.5, 0.6) is 0 Å². The van der Waals surface area contributed by atoms with Gasteiger partial charge in [-0.3, -0.25) is 10.1 Å². The average Bonchev–Trinajstić information content (AvgIpc) is 3.37. The van der Waals surface area contributed by atoms with Gasteiger partial charge in [-0.1, -0.05) is 0 Å². The first-order valence-electron chi connectivity index (χ1n) is 7.74. The molecule has 0 unspecified atom stereocenters. The van der Waals surface area contributed by atoms with E-state index in [1.54, 1.807) is 19.1 Å². The minimum atomic E-state index is -0.589. The van der Waals surface area contributed by atoms with Crippen molar-refractivity contribution in [2.45, 2.75) is 26.4 Å².